The van der Waals surface area contributed by atoms with Crippen molar-refractivity contribution in [3.8, 4) is 0 Å². The molecule has 0 saturated carbocycles. The molecule has 0 spiro atoms. The second-order valence-corrected chi connectivity index (χ2v) is 2.44. The monoisotopic (exact) mass is 145 g/mol. The minimum absolute atomic E-state index is 0.0775. The fourth-order valence-electron chi connectivity index (χ4n) is 0.936. The van der Waals surface area contributed by atoms with Gasteiger partial charge in [0.05, 0.1) is 12.1 Å². The molecule has 0 aromatic carbocycles. The highest BCUT2D eigenvalue weighted by atomic mass is 16.5. The van der Waals surface area contributed by atoms with E-state index in [0.717, 1.165) is 13.0 Å². The van der Waals surface area contributed by atoms with Gasteiger partial charge in [0, 0.05) is 6.61 Å². The Morgan fingerprint density at radius 3 is 2.80 bits per heavy atom. The molecule has 1 aliphatic heterocycles. The van der Waals surface area contributed by atoms with Crippen LogP contribution in [-0.2, 0) is 4.74 Å². The van der Waals surface area contributed by atoms with E-state index in [0.29, 0.717) is 0 Å². The number of rotatable bonds is 2. The highest BCUT2D eigenvalue weighted by Gasteiger charge is 2.25. The number of amides is 1. The van der Waals surface area contributed by atoms with E-state index >= 15 is 0 Å². The Kier molecular flexibility index (Phi) is 2.11. The number of nitrogens with one attached hydrogen (secondary N) is 1. The molecule has 1 heterocycles. The van der Waals surface area contributed by atoms with Crippen molar-refractivity contribution < 1.29 is 14.6 Å². The van der Waals surface area contributed by atoms with Gasteiger partial charge in [-0.05, 0) is 13.3 Å². The highest BCUT2D eigenvalue weighted by molar-refractivity contribution is 5.64. The Balaban J connectivity index is 2.19. The van der Waals surface area contributed by atoms with E-state index in [4.69, 9.17) is 9.84 Å². The number of carboxylic acid groups (broad SMARTS) is 1. The second-order valence-electron chi connectivity index (χ2n) is 2.44. The molecule has 0 aliphatic carbocycles. The molecule has 1 fully saturated rings. The minimum atomic E-state index is -0.983. The van der Waals surface area contributed by atoms with Crippen molar-refractivity contribution in [1.82, 2.24) is 5.32 Å². The van der Waals surface area contributed by atoms with Crippen LogP contribution in [-0.4, -0.2) is 30.0 Å². The van der Waals surface area contributed by atoms with E-state index < -0.39 is 6.09 Å². The fraction of sp³-hybridized carbons (Fsp3) is 0.833. The summed E-state index contributed by atoms with van der Waals surface area (Å²) in [6.07, 6.45) is 0.0700. The lowest BCUT2D eigenvalue weighted by Crippen LogP contribution is -2.46. The number of ether oxygens (including phenoxy) is 1. The zero-order valence-corrected chi connectivity index (χ0v) is 5.83. The van der Waals surface area contributed by atoms with Crippen molar-refractivity contribution in [2.45, 2.75) is 25.5 Å². The van der Waals surface area contributed by atoms with Crippen LogP contribution in [0.1, 0.15) is 13.3 Å². The minimum Gasteiger partial charge on any atom is -0.465 e. The SMILES string of the molecule is C[C@@H](NC(=O)O)[C@@H]1CCO1. The Morgan fingerprint density at radius 1 is 1.90 bits per heavy atom. The largest absolute Gasteiger partial charge is 0.465 e. The molecule has 1 aliphatic rings. The second kappa shape index (κ2) is 2.88. The predicted octanol–water partition coefficient (Wildman–Crippen LogP) is 0.431. The molecule has 4 nitrogen and oxygen atoms in total. The van der Waals surface area contributed by atoms with Gasteiger partial charge in [0.2, 0.25) is 0 Å². The maximum Gasteiger partial charge on any atom is 0.404 e. The van der Waals surface area contributed by atoms with Crippen LogP contribution in [0, 0.1) is 0 Å². The van der Waals surface area contributed by atoms with E-state index in [1.165, 1.54) is 0 Å². The maximum absolute atomic E-state index is 10.1. The summed E-state index contributed by atoms with van der Waals surface area (Å²) in [7, 11) is 0. The molecule has 2 N–H and O–H groups in total. The molecule has 58 valence electrons. The van der Waals surface area contributed by atoms with Gasteiger partial charge in [0.15, 0.2) is 0 Å². The number of carbonyl (C=O) groups is 1. The Hall–Kier alpha value is -0.770. The third-order valence-electron chi connectivity index (χ3n) is 1.64. The zero-order valence-electron chi connectivity index (χ0n) is 5.83. The third-order valence-corrected chi connectivity index (χ3v) is 1.64. The molecule has 2 atom stereocenters. The summed E-state index contributed by atoms with van der Waals surface area (Å²) >= 11 is 0. The first kappa shape index (κ1) is 7.34. The summed E-state index contributed by atoms with van der Waals surface area (Å²) in [6, 6.07) is -0.0775. The lowest BCUT2D eigenvalue weighted by Gasteiger charge is -2.31. The van der Waals surface area contributed by atoms with Crippen LogP contribution in [0.5, 0.6) is 0 Å². The Morgan fingerprint density at radius 2 is 2.50 bits per heavy atom. The van der Waals surface area contributed by atoms with E-state index in [1.807, 2.05) is 0 Å². The summed E-state index contributed by atoms with van der Waals surface area (Å²) in [5.41, 5.74) is 0. The van der Waals surface area contributed by atoms with Crippen LogP contribution >= 0.6 is 0 Å². The first-order valence-electron chi connectivity index (χ1n) is 3.31. The smallest absolute Gasteiger partial charge is 0.404 e. The van der Waals surface area contributed by atoms with Crippen LogP contribution < -0.4 is 5.32 Å². The summed E-state index contributed by atoms with van der Waals surface area (Å²) in [6.45, 7) is 2.56. The Labute approximate surface area is 59.2 Å². The summed E-state index contributed by atoms with van der Waals surface area (Å²) in [4.78, 5) is 10.1. The quantitative estimate of drug-likeness (QED) is 0.592. The molecule has 0 unspecified atom stereocenters. The predicted molar refractivity (Wildman–Crippen MR) is 35.0 cm³/mol. The normalized spacial score (nSPS) is 26.7. The molecular weight excluding hydrogens is 134 g/mol. The zero-order chi connectivity index (χ0) is 7.56. The van der Waals surface area contributed by atoms with Crippen molar-refractivity contribution in [3.63, 3.8) is 0 Å². The molecule has 10 heavy (non-hydrogen) atoms. The molecule has 0 radical (unpaired) electrons. The van der Waals surface area contributed by atoms with Gasteiger partial charge < -0.3 is 15.2 Å². The fourth-order valence-corrected chi connectivity index (χ4v) is 0.936. The van der Waals surface area contributed by atoms with E-state index in [-0.39, 0.29) is 12.1 Å². The van der Waals surface area contributed by atoms with Crippen LogP contribution in [0.25, 0.3) is 0 Å². The van der Waals surface area contributed by atoms with Gasteiger partial charge in [0.25, 0.3) is 0 Å². The summed E-state index contributed by atoms with van der Waals surface area (Å²) in [5, 5.41) is 10.6. The van der Waals surface area contributed by atoms with Gasteiger partial charge in [0.1, 0.15) is 0 Å². The lowest BCUT2D eigenvalue weighted by molar-refractivity contribution is -0.0665. The van der Waals surface area contributed by atoms with E-state index in [2.05, 4.69) is 5.32 Å². The van der Waals surface area contributed by atoms with E-state index in [1.54, 1.807) is 6.92 Å². The van der Waals surface area contributed by atoms with Crippen molar-refractivity contribution in [2.24, 2.45) is 0 Å². The van der Waals surface area contributed by atoms with Gasteiger partial charge in [-0.25, -0.2) is 4.79 Å². The molecular formula is C6H11NO3. The van der Waals surface area contributed by atoms with Gasteiger partial charge >= 0.3 is 6.09 Å². The maximum atomic E-state index is 10.1. The van der Waals surface area contributed by atoms with Crippen LogP contribution in [0.4, 0.5) is 4.79 Å². The average molecular weight is 145 g/mol. The molecule has 1 saturated heterocycles. The first-order chi connectivity index (χ1) is 4.70. The van der Waals surface area contributed by atoms with Crippen LogP contribution in [0.2, 0.25) is 0 Å². The molecule has 4 heteroatoms. The van der Waals surface area contributed by atoms with Gasteiger partial charge in [-0.2, -0.15) is 0 Å². The van der Waals surface area contributed by atoms with Crippen molar-refractivity contribution in [1.29, 1.82) is 0 Å². The van der Waals surface area contributed by atoms with Crippen LogP contribution in [0.15, 0.2) is 0 Å². The molecule has 0 aromatic heterocycles. The topological polar surface area (TPSA) is 58.6 Å². The summed E-state index contributed by atoms with van der Waals surface area (Å²) < 4.78 is 5.07. The standard InChI is InChI=1S/C6H11NO3/c1-4(7-6(8)9)5-2-3-10-5/h4-5,7H,2-3H2,1H3,(H,8,9)/t4-,5+/m1/s1. The van der Waals surface area contributed by atoms with Gasteiger partial charge in [-0.15, -0.1) is 0 Å². The van der Waals surface area contributed by atoms with Gasteiger partial charge in [-0.1, -0.05) is 0 Å². The number of hydrogen-bond donors (Lipinski definition) is 2. The van der Waals surface area contributed by atoms with E-state index in [9.17, 15) is 4.79 Å². The first-order valence-corrected chi connectivity index (χ1v) is 3.31. The number of hydrogen-bond acceptors (Lipinski definition) is 2. The Bertz CT molecular complexity index is 133. The highest BCUT2D eigenvalue weighted by Crippen LogP contribution is 2.14. The molecule has 1 rings (SSSR count). The van der Waals surface area contributed by atoms with Crippen LogP contribution in [0.3, 0.4) is 0 Å². The summed E-state index contributed by atoms with van der Waals surface area (Å²) in [5.74, 6) is 0. The van der Waals surface area contributed by atoms with Crippen molar-refractivity contribution in [3.05, 3.63) is 0 Å². The van der Waals surface area contributed by atoms with Crippen molar-refractivity contribution >= 4 is 6.09 Å². The lowest BCUT2D eigenvalue weighted by atomic mass is 10.1. The molecule has 1 amide bonds. The third kappa shape index (κ3) is 1.60. The van der Waals surface area contributed by atoms with Crippen molar-refractivity contribution in [2.75, 3.05) is 6.61 Å². The molecule has 0 aromatic rings. The van der Waals surface area contributed by atoms with Gasteiger partial charge in [-0.3, -0.25) is 0 Å². The molecule has 0 bridgehead atoms. The average Bonchev–Trinajstić information content (AvgIpc) is 1.55.